The Morgan fingerprint density at radius 2 is 2.20 bits per heavy atom. The van der Waals surface area contributed by atoms with E-state index in [1.807, 2.05) is 0 Å². The Morgan fingerprint density at radius 3 is 2.80 bits per heavy atom. The molecule has 3 nitrogen and oxygen atoms in total. The second-order valence-electron chi connectivity index (χ2n) is 2.50. The Labute approximate surface area is 102 Å². The van der Waals surface area contributed by atoms with Gasteiger partial charge in [0.15, 0.2) is 3.92 Å². The third kappa shape index (κ3) is 2.64. The molecule has 0 N–H and O–H groups in total. The van der Waals surface area contributed by atoms with Crippen molar-refractivity contribution < 1.29 is 9.13 Å². The largest absolute Gasteiger partial charge is 0.428 e. The molecule has 0 unspecified atom stereocenters. The van der Waals surface area contributed by atoms with Crippen LogP contribution in [0.5, 0.6) is 10.9 Å². The van der Waals surface area contributed by atoms with Crippen LogP contribution in [-0.2, 0) is 0 Å². The molecule has 1 aromatic heterocycles. The summed E-state index contributed by atoms with van der Waals surface area (Å²) in [6.07, 6.45) is 0. The van der Waals surface area contributed by atoms with Crippen LogP contribution in [-0.4, -0.2) is 10.2 Å². The van der Waals surface area contributed by atoms with Crippen molar-refractivity contribution in [3.05, 3.63) is 33.0 Å². The first kappa shape index (κ1) is 10.8. The minimum atomic E-state index is -0.411. The maximum Gasteiger partial charge on any atom is 0.300 e. The van der Waals surface area contributed by atoms with Crippen molar-refractivity contribution in [2.45, 2.75) is 0 Å². The zero-order valence-electron chi connectivity index (χ0n) is 7.08. The Morgan fingerprint density at radius 1 is 1.40 bits per heavy atom. The average Bonchev–Trinajstić information content (AvgIpc) is 2.56. The van der Waals surface area contributed by atoms with Gasteiger partial charge < -0.3 is 4.74 Å². The van der Waals surface area contributed by atoms with Gasteiger partial charge in [0, 0.05) is 0 Å². The van der Waals surface area contributed by atoms with Crippen molar-refractivity contribution in [2.24, 2.45) is 0 Å². The molecule has 2 aromatic rings. The molecule has 78 valence electrons. The molecule has 0 fully saturated rings. The Balaban J connectivity index is 2.24. The number of hydrogen-bond donors (Lipinski definition) is 0. The fraction of sp³-hybridized carbons (Fsp3) is 0. The summed E-state index contributed by atoms with van der Waals surface area (Å²) in [7, 11) is 0. The second kappa shape index (κ2) is 4.42. The van der Waals surface area contributed by atoms with Crippen LogP contribution in [0.4, 0.5) is 4.39 Å². The first-order chi connectivity index (χ1) is 7.15. The van der Waals surface area contributed by atoms with Crippen LogP contribution >= 0.6 is 38.9 Å². The number of benzene rings is 1. The number of rotatable bonds is 2. The zero-order chi connectivity index (χ0) is 10.8. The maximum absolute atomic E-state index is 12.7. The number of aromatic nitrogens is 2. The van der Waals surface area contributed by atoms with Gasteiger partial charge in [0.1, 0.15) is 11.6 Å². The quantitative estimate of drug-likeness (QED) is 0.844. The molecule has 0 aliphatic heterocycles. The van der Waals surface area contributed by atoms with E-state index in [4.69, 9.17) is 16.3 Å². The van der Waals surface area contributed by atoms with E-state index in [2.05, 4.69) is 26.1 Å². The molecular weight excluding hydrogens is 307 g/mol. The van der Waals surface area contributed by atoms with Crippen LogP contribution in [0.1, 0.15) is 0 Å². The van der Waals surface area contributed by atoms with Crippen molar-refractivity contribution in [1.82, 2.24) is 10.2 Å². The first-order valence-corrected chi connectivity index (χ1v) is 5.76. The maximum atomic E-state index is 12.7. The molecule has 0 amide bonds. The Bertz CT molecular complexity index is 493. The van der Waals surface area contributed by atoms with Crippen LogP contribution < -0.4 is 4.74 Å². The van der Waals surface area contributed by atoms with E-state index in [9.17, 15) is 4.39 Å². The smallest absolute Gasteiger partial charge is 0.300 e. The second-order valence-corrected chi connectivity index (χ2v) is 5.12. The topological polar surface area (TPSA) is 35.0 Å². The van der Waals surface area contributed by atoms with E-state index in [0.29, 0.717) is 14.9 Å². The highest BCUT2D eigenvalue weighted by atomic mass is 79.9. The van der Waals surface area contributed by atoms with Crippen LogP contribution in [0.15, 0.2) is 22.1 Å². The molecule has 0 aliphatic rings. The molecule has 1 aromatic carbocycles. The van der Waals surface area contributed by atoms with Crippen LogP contribution in [0.3, 0.4) is 0 Å². The van der Waals surface area contributed by atoms with Crippen molar-refractivity contribution >= 4 is 38.9 Å². The van der Waals surface area contributed by atoms with Crippen LogP contribution in [0.25, 0.3) is 0 Å². The molecule has 7 heteroatoms. The summed E-state index contributed by atoms with van der Waals surface area (Å²) in [6.45, 7) is 0. The van der Waals surface area contributed by atoms with Crippen LogP contribution in [0.2, 0.25) is 5.02 Å². The van der Waals surface area contributed by atoms with E-state index in [1.54, 1.807) is 0 Å². The van der Waals surface area contributed by atoms with Gasteiger partial charge in [0.05, 0.1) is 5.02 Å². The predicted molar refractivity (Wildman–Crippen MR) is 59.1 cm³/mol. The van der Waals surface area contributed by atoms with Gasteiger partial charge >= 0.3 is 0 Å². The van der Waals surface area contributed by atoms with Crippen LogP contribution in [0, 0.1) is 5.82 Å². The summed E-state index contributed by atoms with van der Waals surface area (Å²) < 4.78 is 18.6. The summed E-state index contributed by atoms with van der Waals surface area (Å²) in [5, 5.41) is 7.96. The zero-order valence-corrected chi connectivity index (χ0v) is 10.2. The normalized spacial score (nSPS) is 10.3. The van der Waals surface area contributed by atoms with Gasteiger partial charge in [-0.3, -0.25) is 0 Å². The molecule has 0 aliphatic carbocycles. The van der Waals surface area contributed by atoms with E-state index < -0.39 is 5.82 Å². The lowest BCUT2D eigenvalue weighted by Crippen LogP contribution is -1.85. The lowest BCUT2D eigenvalue weighted by atomic mass is 10.3. The summed E-state index contributed by atoms with van der Waals surface area (Å²) >= 11 is 10.1. The molecule has 1 heterocycles. The van der Waals surface area contributed by atoms with Crippen molar-refractivity contribution in [3.63, 3.8) is 0 Å². The Kier molecular flexibility index (Phi) is 3.18. The summed E-state index contributed by atoms with van der Waals surface area (Å²) in [5.41, 5.74) is 0. The summed E-state index contributed by atoms with van der Waals surface area (Å²) in [6, 6.07) is 3.87. The fourth-order valence-corrected chi connectivity index (χ4v) is 2.03. The molecule has 0 saturated heterocycles. The minimum absolute atomic E-state index is 0.196. The third-order valence-electron chi connectivity index (χ3n) is 1.47. The molecule has 15 heavy (non-hydrogen) atoms. The molecule has 2 rings (SSSR count). The summed E-state index contributed by atoms with van der Waals surface area (Å²) in [4.78, 5) is 0. The molecular formula is C8H3BrClFN2OS. The number of ether oxygens (including phenoxy) is 1. The van der Waals surface area contributed by atoms with Gasteiger partial charge in [-0.05, 0) is 45.5 Å². The van der Waals surface area contributed by atoms with E-state index in [-0.39, 0.29) is 5.02 Å². The third-order valence-corrected chi connectivity index (χ3v) is 3.00. The van der Waals surface area contributed by atoms with Crippen molar-refractivity contribution in [3.8, 4) is 10.9 Å². The molecule has 0 atom stereocenters. The Hall–Kier alpha value is -0.720. The monoisotopic (exact) mass is 308 g/mol. The predicted octanol–water partition coefficient (Wildman–Crippen LogP) is 3.89. The number of halogens is 3. The number of hydrogen-bond acceptors (Lipinski definition) is 4. The number of nitrogens with zero attached hydrogens (tertiary/aromatic N) is 2. The SMILES string of the molecule is Fc1ccc(Oc2nnc(Br)s2)c(Cl)c1. The molecule has 0 radical (unpaired) electrons. The molecule has 0 bridgehead atoms. The van der Waals surface area contributed by atoms with Gasteiger partial charge in [-0.15, -0.1) is 5.10 Å². The van der Waals surface area contributed by atoms with E-state index in [1.165, 1.54) is 29.5 Å². The van der Waals surface area contributed by atoms with Gasteiger partial charge in [-0.1, -0.05) is 16.7 Å². The van der Waals surface area contributed by atoms with Crippen molar-refractivity contribution in [1.29, 1.82) is 0 Å². The van der Waals surface area contributed by atoms with Gasteiger partial charge in [0.2, 0.25) is 0 Å². The van der Waals surface area contributed by atoms with E-state index >= 15 is 0 Å². The highest BCUT2D eigenvalue weighted by Crippen LogP contribution is 2.32. The fourth-order valence-electron chi connectivity index (χ4n) is 0.886. The van der Waals surface area contributed by atoms with Crippen molar-refractivity contribution in [2.75, 3.05) is 0 Å². The van der Waals surface area contributed by atoms with Gasteiger partial charge in [-0.25, -0.2) is 4.39 Å². The minimum Gasteiger partial charge on any atom is -0.428 e. The lowest BCUT2D eigenvalue weighted by molar-refractivity contribution is 0.471. The lowest BCUT2D eigenvalue weighted by Gasteiger charge is -2.02. The first-order valence-electron chi connectivity index (χ1n) is 3.77. The van der Waals surface area contributed by atoms with Gasteiger partial charge in [-0.2, -0.15) is 0 Å². The standard InChI is InChI=1S/C8H3BrClFN2OS/c9-7-12-13-8(15-7)14-6-2-1-4(11)3-5(6)10/h1-3H. The van der Waals surface area contributed by atoms with Gasteiger partial charge in [0.25, 0.3) is 5.19 Å². The highest BCUT2D eigenvalue weighted by molar-refractivity contribution is 9.11. The summed E-state index contributed by atoms with van der Waals surface area (Å²) in [5.74, 6) is -0.0625. The average molecular weight is 310 g/mol. The molecule has 0 saturated carbocycles. The molecule has 0 spiro atoms. The highest BCUT2D eigenvalue weighted by Gasteiger charge is 2.08. The van der Waals surface area contributed by atoms with E-state index in [0.717, 1.165) is 0 Å².